The lowest BCUT2D eigenvalue weighted by molar-refractivity contribution is -0.119. The van der Waals surface area contributed by atoms with Crippen molar-refractivity contribution in [1.82, 2.24) is 15.5 Å². The summed E-state index contributed by atoms with van der Waals surface area (Å²) < 4.78 is 5.61. The van der Waals surface area contributed by atoms with Crippen molar-refractivity contribution in [2.45, 2.75) is 26.5 Å². The van der Waals surface area contributed by atoms with Gasteiger partial charge in [0.2, 0.25) is 11.0 Å². The molecule has 2 rings (SSSR count). The van der Waals surface area contributed by atoms with Crippen LogP contribution in [0.25, 0.3) is 0 Å². The van der Waals surface area contributed by atoms with Crippen LogP contribution in [0.4, 0.5) is 9.93 Å². The molecule has 0 spiro atoms. The van der Waals surface area contributed by atoms with Crippen LogP contribution in [-0.4, -0.2) is 28.2 Å². The van der Waals surface area contributed by atoms with Crippen LogP contribution in [0.2, 0.25) is 0 Å². The summed E-state index contributed by atoms with van der Waals surface area (Å²) in [6, 6.07) is 8.56. The molecule has 24 heavy (non-hydrogen) atoms. The second-order valence-electron chi connectivity index (χ2n) is 5.34. The van der Waals surface area contributed by atoms with Gasteiger partial charge in [-0.15, -0.1) is 5.10 Å². The maximum Gasteiger partial charge on any atom is 0.408 e. The van der Waals surface area contributed by atoms with Crippen LogP contribution >= 0.6 is 23.6 Å². The molecular weight excluding hydrogens is 348 g/mol. The predicted molar refractivity (Wildman–Crippen MR) is 94.3 cm³/mol. The fourth-order valence-electron chi connectivity index (χ4n) is 1.89. The number of amides is 2. The molecule has 0 radical (unpaired) electrons. The Hall–Kier alpha value is -2.26. The summed E-state index contributed by atoms with van der Waals surface area (Å²) in [7, 11) is 0. The molecule has 2 amide bonds. The van der Waals surface area contributed by atoms with E-state index in [9.17, 15) is 9.59 Å². The van der Waals surface area contributed by atoms with Crippen LogP contribution in [0.3, 0.4) is 0 Å². The third-order valence-electron chi connectivity index (χ3n) is 3.10. The van der Waals surface area contributed by atoms with Gasteiger partial charge in [-0.3, -0.25) is 15.2 Å². The molecule has 0 fully saturated rings. The number of anilines is 1. The van der Waals surface area contributed by atoms with Gasteiger partial charge in [-0.1, -0.05) is 55.5 Å². The molecule has 0 bridgehead atoms. The van der Waals surface area contributed by atoms with Crippen molar-refractivity contribution in [2.24, 2.45) is 5.92 Å². The van der Waals surface area contributed by atoms with Gasteiger partial charge in [0.25, 0.3) is 0 Å². The smallest absolute Gasteiger partial charge is 0.408 e. The number of ether oxygens (including phenoxy) is 1. The number of aromatic amines is 1. The number of H-pyrrole nitrogens is 1. The maximum absolute atomic E-state index is 12.3. The summed E-state index contributed by atoms with van der Waals surface area (Å²) in [4.78, 5) is 24.3. The van der Waals surface area contributed by atoms with Gasteiger partial charge in [0.1, 0.15) is 12.6 Å². The zero-order valence-corrected chi connectivity index (χ0v) is 14.9. The molecule has 0 aliphatic rings. The van der Waals surface area contributed by atoms with Crippen LogP contribution in [0.5, 0.6) is 0 Å². The van der Waals surface area contributed by atoms with Gasteiger partial charge < -0.3 is 10.1 Å². The van der Waals surface area contributed by atoms with E-state index in [0.29, 0.717) is 9.09 Å². The van der Waals surface area contributed by atoms with Gasteiger partial charge in [0.05, 0.1) is 0 Å². The van der Waals surface area contributed by atoms with E-state index in [1.807, 2.05) is 44.2 Å². The summed E-state index contributed by atoms with van der Waals surface area (Å²) in [6.45, 7) is 3.79. The lowest BCUT2D eigenvalue weighted by Gasteiger charge is -2.20. The lowest BCUT2D eigenvalue weighted by Crippen LogP contribution is -2.47. The Kier molecular flexibility index (Phi) is 6.44. The Morgan fingerprint density at radius 2 is 2.04 bits per heavy atom. The maximum atomic E-state index is 12.3. The van der Waals surface area contributed by atoms with Crippen LogP contribution in [0.1, 0.15) is 19.4 Å². The van der Waals surface area contributed by atoms with E-state index in [0.717, 1.165) is 16.9 Å². The zero-order chi connectivity index (χ0) is 17.5. The third kappa shape index (κ3) is 5.43. The average molecular weight is 366 g/mol. The quantitative estimate of drug-likeness (QED) is 0.683. The second-order valence-corrected chi connectivity index (χ2v) is 7.00. The molecule has 1 atom stereocenters. The van der Waals surface area contributed by atoms with E-state index in [1.165, 1.54) is 0 Å². The summed E-state index contributed by atoms with van der Waals surface area (Å²) in [6.07, 6.45) is -0.651. The molecule has 3 N–H and O–H groups in total. The third-order valence-corrected chi connectivity index (χ3v) is 4.11. The highest BCUT2D eigenvalue weighted by atomic mass is 32.1. The van der Waals surface area contributed by atoms with E-state index >= 15 is 0 Å². The lowest BCUT2D eigenvalue weighted by atomic mass is 10.0. The Labute approximate surface area is 148 Å². The number of hydrogen-bond acceptors (Lipinski definition) is 6. The summed E-state index contributed by atoms with van der Waals surface area (Å²) in [5, 5.41) is 12.0. The fourth-order valence-corrected chi connectivity index (χ4v) is 2.69. The van der Waals surface area contributed by atoms with Crippen molar-refractivity contribution in [1.29, 1.82) is 0 Å². The number of benzene rings is 1. The number of nitrogens with zero attached hydrogens (tertiary/aromatic N) is 1. The van der Waals surface area contributed by atoms with Crippen LogP contribution in [0.15, 0.2) is 30.3 Å². The first-order chi connectivity index (χ1) is 11.5. The van der Waals surface area contributed by atoms with Crippen molar-refractivity contribution in [2.75, 3.05) is 5.32 Å². The average Bonchev–Trinajstić information content (AvgIpc) is 2.96. The highest BCUT2D eigenvalue weighted by molar-refractivity contribution is 7.73. The topological polar surface area (TPSA) is 96.1 Å². The van der Waals surface area contributed by atoms with Gasteiger partial charge >= 0.3 is 6.09 Å². The number of nitrogens with one attached hydrogen (secondary N) is 3. The molecule has 9 heteroatoms. The van der Waals surface area contributed by atoms with E-state index in [1.54, 1.807) is 0 Å². The van der Waals surface area contributed by atoms with Crippen LogP contribution < -0.4 is 10.6 Å². The number of rotatable bonds is 6. The van der Waals surface area contributed by atoms with Gasteiger partial charge in [-0.05, 0) is 23.7 Å². The normalized spacial score (nSPS) is 11.8. The highest BCUT2D eigenvalue weighted by Crippen LogP contribution is 2.13. The Balaban J connectivity index is 1.91. The summed E-state index contributed by atoms with van der Waals surface area (Å²) >= 11 is 6.06. The molecule has 0 saturated heterocycles. The number of carbonyl (C=O) groups is 2. The van der Waals surface area contributed by atoms with Gasteiger partial charge in [-0.2, -0.15) is 0 Å². The number of aromatic nitrogens is 2. The first-order valence-electron chi connectivity index (χ1n) is 7.29. The van der Waals surface area contributed by atoms with E-state index < -0.39 is 12.1 Å². The minimum absolute atomic E-state index is 0.124. The minimum atomic E-state index is -0.745. The zero-order valence-electron chi connectivity index (χ0n) is 13.2. The minimum Gasteiger partial charge on any atom is -0.445 e. The van der Waals surface area contributed by atoms with Crippen molar-refractivity contribution >= 4 is 40.7 Å². The first kappa shape index (κ1) is 18.1. The molecule has 1 unspecified atom stereocenters. The molecular formula is C15H18N4O3S2. The first-order valence-corrected chi connectivity index (χ1v) is 8.51. The molecule has 1 heterocycles. The second kappa shape index (κ2) is 8.55. The van der Waals surface area contributed by atoms with Crippen molar-refractivity contribution in [3.8, 4) is 0 Å². The van der Waals surface area contributed by atoms with Crippen molar-refractivity contribution < 1.29 is 14.3 Å². The Bertz CT molecular complexity index is 742. The molecule has 7 nitrogen and oxygen atoms in total. The standard InChI is InChI=1S/C15H18N4O3S2/c1-9(2)11(12(20)17-13-18-19-15(23)24-13)16-14(21)22-8-10-6-4-3-5-7-10/h3-7,9,11H,8H2,1-2H3,(H,16,21)(H,19,23)(H,17,18,20). The SMILES string of the molecule is CC(C)C(NC(=O)OCc1ccccc1)C(=O)Nc1n[nH]c(=S)s1. The van der Waals surface area contributed by atoms with Gasteiger partial charge in [0, 0.05) is 0 Å². The highest BCUT2D eigenvalue weighted by Gasteiger charge is 2.25. The number of hydrogen-bond donors (Lipinski definition) is 3. The van der Waals surface area contributed by atoms with Gasteiger partial charge in [0.15, 0.2) is 3.95 Å². The largest absolute Gasteiger partial charge is 0.445 e. The van der Waals surface area contributed by atoms with E-state index in [2.05, 4.69) is 20.8 Å². The summed E-state index contributed by atoms with van der Waals surface area (Å²) in [5.41, 5.74) is 0.870. The Morgan fingerprint density at radius 1 is 1.33 bits per heavy atom. The van der Waals surface area contributed by atoms with Gasteiger partial charge in [-0.25, -0.2) is 4.79 Å². The van der Waals surface area contributed by atoms with E-state index in [-0.39, 0.29) is 18.4 Å². The fraction of sp³-hybridized carbons (Fsp3) is 0.333. The number of carbonyl (C=O) groups excluding carboxylic acids is 2. The van der Waals surface area contributed by atoms with Crippen LogP contribution in [0, 0.1) is 9.87 Å². The molecule has 0 saturated carbocycles. The van der Waals surface area contributed by atoms with Crippen LogP contribution in [-0.2, 0) is 16.1 Å². The number of alkyl carbamates (subject to hydrolysis) is 1. The Morgan fingerprint density at radius 3 is 2.62 bits per heavy atom. The molecule has 0 aliphatic heterocycles. The van der Waals surface area contributed by atoms with Crippen molar-refractivity contribution in [3.63, 3.8) is 0 Å². The summed E-state index contributed by atoms with van der Waals surface area (Å²) in [5.74, 6) is -0.499. The molecule has 1 aromatic heterocycles. The molecule has 2 aromatic rings. The predicted octanol–water partition coefficient (Wildman–Crippen LogP) is 3.09. The molecule has 0 aliphatic carbocycles. The van der Waals surface area contributed by atoms with E-state index in [4.69, 9.17) is 17.0 Å². The molecule has 1 aromatic carbocycles. The van der Waals surface area contributed by atoms with Crippen molar-refractivity contribution in [3.05, 3.63) is 39.8 Å². The molecule has 128 valence electrons. The monoisotopic (exact) mass is 366 g/mol.